The van der Waals surface area contributed by atoms with E-state index < -0.39 is 17.6 Å². The number of thiazole rings is 1. The van der Waals surface area contributed by atoms with Crippen LogP contribution >= 0.6 is 38.9 Å². The summed E-state index contributed by atoms with van der Waals surface area (Å²) in [5.74, 6) is -1.34. The lowest BCUT2D eigenvalue weighted by Gasteiger charge is -2.14. The summed E-state index contributed by atoms with van der Waals surface area (Å²) in [6.07, 6.45) is -3.30. The van der Waals surface area contributed by atoms with E-state index in [-0.39, 0.29) is 16.7 Å². The lowest BCUT2D eigenvalue weighted by molar-refractivity contribution is -0.140. The second kappa shape index (κ2) is 5.87. The summed E-state index contributed by atoms with van der Waals surface area (Å²) in [5.41, 5.74) is -1.56. The van der Waals surface area contributed by atoms with Crippen molar-refractivity contribution in [1.82, 2.24) is 4.98 Å². The molecule has 1 N–H and O–H groups in total. The summed E-state index contributed by atoms with van der Waals surface area (Å²) in [7, 11) is 0. The predicted octanol–water partition coefficient (Wildman–Crippen LogP) is 5.33. The number of benzene rings is 1. The van der Waals surface area contributed by atoms with Crippen LogP contribution in [-0.2, 0) is 12.7 Å². The topological polar surface area (TPSA) is 24.9 Å². The Hall–Kier alpha value is -0.860. The van der Waals surface area contributed by atoms with Gasteiger partial charge in [0.05, 0.1) is 12.2 Å². The van der Waals surface area contributed by atoms with Gasteiger partial charge in [0.2, 0.25) is 0 Å². The van der Waals surface area contributed by atoms with E-state index in [1.54, 1.807) is 0 Å². The molecule has 0 aliphatic rings. The van der Waals surface area contributed by atoms with Gasteiger partial charge in [0.1, 0.15) is 5.56 Å². The molecule has 2 nitrogen and oxygen atoms in total. The van der Waals surface area contributed by atoms with Crippen molar-refractivity contribution in [3.8, 4) is 0 Å². The van der Waals surface area contributed by atoms with Crippen LogP contribution in [0.1, 0.15) is 10.4 Å². The molecule has 1 heterocycles. The maximum Gasteiger partial charge on any atom is 0.420 e. The van der Waals surface area contributed by atoms with Gasteiger partial charge in [0.15, 0.2) is 10.3 Å². The van der Waals surface area contributed by atoms with Crippen molar-refractivity contribution in [2.45, 2.75) is 12.7 Å². The van der Waals surface area contributed by atoms with E-state index in [1.807, 2.05) is 0 Å². The molecule has 1 aromatic carbocycles. The molecular weight excluding hydrogens is 384 g/mol. The highest BCUT2D eigenvalue weighted by atomic mass is 79.9. The second-order valence-electron chi connectivity index (χ2n) is 3.71. The van der Waals surface area contributed by atoms with Crippen LogP contribution < -0.4 is 5.32 Å². The van der Waals surface area contributed by atoms with Gasteiger partial charge in [-0.25, -0.2) is 9.37 Å². The first kappa shape index (κ1) is 15.5. The normalized spacial score (nSPS) is 11.7. The summed E-state index contributed by atoms with van der Waals surface area (Å²) >= 11 is 9.50. The molecule has 9 heteroatoms. The monoisotopic (exact) mass is 388 g/mol. The second-order valence-corrected chi connectivity index (χ2v) is 6.27. The molecule has 0 saturated carbocycles. The number of nitrogens with one attached hydrogen (secondary N) is 1. The first-order valence-corrected chi connectivity index (χ1v) is 7.17. The highest BCUT2D eigenvalue weighted by molar-refractivity contribution is 9.10. The molecule has 0 bridgehead atoms. The van der Waals surface area contributed by atoms with Crippen molar-refractivity contribution in [2.24, 2.45) is 0 Å². The molecule has 0 amide bonds. The predicted molar refractivity (Wildman–Crippen MR) is 73.6 cm³/mol. The summed E-state index contributed by atoms with van der Waals surface area (Å²) in [6.45, 7) is 0.139. The van der Waals surface area contributed by atoms with E-state index in [2.05, 4.69) is 26.2 Å². The molecule has 1 aromatic heterocycles. The summed E-state index contributed by atoms with van der Waals surface area (Å²) in [5, 5.41) is 2.60. The van der Waals surface area contributed by atoms with E-state index in [4.69, 9.17) is 11.6 Å². The molecule has 0 radical (unpaired) electrons. The van der Waals surface area contributed by atoms with Gasteiger partial charge in [0.25, 0.3) is 0 Å². The van der Waals surface area contributed by atoms with Crippen LogP contribution in [0.3, 0.4) is 0 Å². The van der Waals surface area contributed by atoms with E-state index >= 15 is 0 Å². The van der Waals surface area contributed by atoms with Crippen molar-refractivity contribution in [2.75, 3.05) is 5.32 Å². The number of hydrogen-bond donors (Lipinski definition) is 1. The van der Waals surface area contributed by atoms with Crippen LogP contribution in [-0.4, -0.2) is 4.98 Å². The lowest BCUT2D eigenvalue weighted by atomic mass is 10.1. The van der Waals surface area contributed by atoms with Gasteiger partial charge >= 0.3 is 6.18 Å². The SMILES string of the molecule is Fc1c(NCc2cnc(Cl)s2)ccc(Br)c1C(F)(F)F. The number of hydrogen-bond acceptors (Lipinski definition) is 3. The molecule has 0 unspecified atom stereocenters. The molecule has 0 atom stereocenters. The Morgan fingerprint density at radius 3 is 2.60 bits per heavy atom. The molecule has 2 rings (SSSR count). The Kier molecular flexibility index (Phi) is 4.55. The van der Waals surface area contributed by atoms with Crippen molar-refractivity contribution >= 4 is 44.6 Å². The molecule has 2 aromatic rings. The Bertz CT molecular complexity index is 629. The van der Waals surface area contributed by atoms with Crippen molar-refractivity contribution in [3.63, 3.8) is 0 Å². The average Bonchev–Trinajstić information content (AvgIpc) is 2.72. The fourth-order valence-corrected chi connectivity index (χ4v) is 2.95. The van der Waals surface area contributed by atoms with Crippen LogP contribution in [0.15, 0.2) is 22.8 Å². The van der Waals surface area contributed by atoms with E-state index in [0.29, 0.717) is 9.34 Å². The van der Waals surface area contributed by atoms with Gasteiger partial charge in [-0.15, -0.1) is 11.3 Å². The van der Waals surface area contributed by atoms with Crippen LogP contribution in [0, 0.1) is 5.82 Å². The molecule has 0 fully saturated rings. The summed E-state index contributed by atoms with van der Waals surface area (Å²) in [6, 6.07) is 2.38. The number of aromatic nitrogens is 1. The van der Waals surface area contributed by atoms with Crippen LogP contribution in [0.2, 0.25) is 4.47 Å². The molecular formula is C11H6BrClF4N2S. The standard InChI is InChI=1S/C11H6BrClF4N2S/c12-6-1-2-7(9(14)8(6)11(15,16)17)18-3-5-4-19-10(13)20-5/h1-2,4,18H,3H2. The van der Waals surface area contributed by atoms with Gasteiger partial charge in [0, 0.05) is 15.5 Å². The molecule has 0 aliphatic carbocycles. The maximum atomic E-state index is 13.9. The summed E-state index contributed by atoms with van der Waals surface area (Å²) < 4.78 is 52.1. The van der Waals surface area contributed by atoms with Crippen molar-refractivity contribution in [3.05, 3.63) is 43.5 Å². The van der Waals surface area contributed by atoms with Crippen molar-refractivity contribution in [1.29, 1.82) is 0 Å². The third-order valence-corrected chi connectivity index (χ3v) is 4.13. The first-order chi connectivity index (χ1) is 9.29. The third kappa shape index (κ3) is 3.42. The third-order valence-electron chi connectivity index (χ3n) is 2.35. The zero-order valence-electron chi connectivity index (χ0n) is 9.56. The smallest absolute Gasteiger partial charge is 0.378 e. The Morgan fingerprint density at radius 1 is 1.35 bits per heavy atom. The van der Waals surface area contributed by atoms with E-state index in [9.17, 15) is 17.6 Å². The summed E-state index contributed by atoms with van der Waals surface area (Å²) in [4.78, 5) is 4.47. The minimum absolute atomic E-state index is 0.139. The number of anilines is 1. The van der Waals surface area contributed by atoms with Gasteiger partial charge in [-0.3, -0.25) is 0 Å². The van der Waals surface area contributed by atoms with Crippen LogP contribution in [0.5, 0.6) is 0 Å². The quantitative estimate of drug-likeness (QED) is 0.718. The minimum Gasteiger partial charge on any atom is -0.378 e. The van der Waals surface area contributed by atoms with Crippen molar-refractivity contribution < 1.29 is 17.6 Å². The van der Waals surface area contributed by atoms with Gasteiger partial charge in [-0.2, -0.15) is 13.2 Å². The number of rotatable bonds is 3. The maximum absolute atomic E-state index is 13.9. The fourth-order valence-electron chi connectivity index (χ4n) is 1.50. The average molecular weight is 390 g/mol. The van der Waals surface area contributed by atoms with E-state index in [1.165, 1.54) is 12.3 Å². The zero-order chi connectivity index (χ0) is 14.9. The van der Waals surface area contributed by atoms with E-state index in [0.717, 1.165) is 17.4 Å². The van der Waals surface area contributed by atoms with Crippen LogP contribution in [0.25, 0.3) is 0 Å². The minimum atomic E-state index is -4.77. The number of halogens is 6. The number of alkyl halides is 3. The van der Waals surface area contributed by atoms with Crippen LogP contribution in [0.4, 0.5) is 23.2 Å². The molecule has 0 saturated heterocycles. The Labute approximate surface area is 128 Å². The highest BCUT2D eigenvalue weighted by Gasteiger charge is 2.37. The molecule has 20 heavy (non-hydrogen) atoms. The first-order valence-electron chi connectivity index (χ1n) is 5.18. The van der Waals surface area contributed by atoms with Gasteiger partial charge in [-0.05, 0) is 12.1 Å². The lowest BCUT2D eigenvalue weighted by Crippen LogP contribution is -2.12. The Balaban J connectivity index is 2.25. The molecule has 0 spiro atoms. The molecule has 108 valence electrons. The van der Waals surface area contributed by atoms with Gasteiger partial charge in [-0.1, -0.05) is 27.5 Å². The molecule has 0 aliphatic heterocycles. The fraction of sp³-hybridized carbons (Fsp3) is 0.182. The number of nitrogens with zero attached hydrogens (tertiary/aromatic N) is 1. The Morgan fingerprint density at radius 2 is 2.05 bits per heavy atom. The zero-order valence-corrected chi connectivity index (χ0v) is 12.7. The highest BCUT2D eigenvalue weighted by Crippen LogP contribution is 2.39. The largest absolute Gasteiger partial charge is 0.420 e. The van der Waals surface area contributed by atoms with Gasteiger partial charge < -0.3 is 5.32 Å².